The summed E-state index contributed by atoms with van der Waals surface area (Å²) in [5, 5.41) is 0.429. The fourth-order valence-electron chi connectivity index (χ4n) is 2.21. The minimum absolute atomic E-state index is 0.211. The van der Waals surface area contributed by atoms with Crippen molar-refractivity contribution in [3.05, 3.63) is 77.1 Å². The Balaban J connectivity index is 1.91. The molecule has 0 bridgehead atoms. The Morgan fingerprint density at radius 1 is 1.19 bits per heavy atom. The van der Waals surface area contributed by atoms with Crippen LogP contribution in [0.4, 0.5) is 0 Å². The van der Waals surface area contributed by atoms with Crippen LogP contribution in [0.3, 0.4) is 0 Å². The average Bonchev–Trinajstić information content (AvgIpc) is 3.05. The SMILES string of the molecule is Cn1cncc1C#Cc1cncc(C(=O)N=S(C)(=O)c2cccc(Cl)c2)c1. The molecule has 1 unspecified atom stereocenters. The van der Waals surface area contributed by atoms with Crippen molar-refractivity contribution in [1.29, 1.82) is 0 Å². The summed E-state index contributed by atoms with van der Waals surface area (Å²) in [5.41, 5.74) is 1.49. The molecule has 27 heavy (non-hydrogen) atoms. The molecule has 0 aliphatic heterocycles. The molecule has 136 valence electrons. The van der Waals surface area contributed by atoms with Crippen molar-refractivity contribution in [3.63, 3.8) is 0 Å². The van der Waals surface area contributed by atoms with Crippen molar-refractivity contribution in [2.75, 3.05) is 6.26 Å². The van der Waals surface area contributed by atoms with Crippen LogP contribution < -0.4 is 0 Å². The van der Waals surface area contributed by atoms with Crippen molar-refractivity contribution in [2.45, 2.75) is 4.90 Å². The summed E-state index contributed by atoms with van der Waals surface area (Å²) >= 11 is 5.93. The van der Waals surface area contributed by atoms with Crippen LogP contribution in [-0.4, -0.2) is 30.9 Å². The van der Waals surface area contributed by atoms with Crippen LogP contribution in [0.1, 0.15) is 21.6 Å². The van der Waals surface area contributed by atoms with Crippen LogP contribution in [0, 0.1) is 11.8 Å². The Labute approximate surface area is 162 Å². The van der Waals surface area contributed by atoms with Crippen molar-refractivity contribution >= 4 is 27.2 Å². The van der Waals surface area contributed by atoms with Gasteiger partial charge in [-0.25, -0.2) is 9.19 Å². The van der Waals surface area contributed by atoms with E-state index in [1.54, 1.807) is 47.6 Å². The Bertz CT molecular complexity index is 1200. The van der Waals surface area contributed by atoms with Crippen molar-refractivity contribution in [2.24, 2.45) is 11.4 Å². The van der Waals surface area contributed by atoms with Gasteiger partial charge >= 0.3 is 0 Å². The van der Waals surface area contributed by atoms with Crippen LogP contribution in [0.5, 0.6) is 0 Å². The summed E-state index contributed by atoms with van der Waals surface area (Å²) in [4.78, 5) is 20.9. The van der Waals surface area contributed by atoms with Gasteiger partial charge in [-0.05, 0) is 30.2 Å². The van der Waals surface area contributed by atoms with E-state index in [9.17, 15) is 9.00 Å². The van der Waals surface area contributed by atoms with E-state index in [4.69, 9.17) is 11.6 Å². The molecule has 0 aliphatic rings. The van der Waals surface area contributed by atoms with E-state index in [0.29, 0.717) is 15.5 Å². The number of carbonyl (C=O) groups is 1. The van der Waals surface area contributed by atoms with Crippen molar-refractivity contribution in [1.82, 2.24) is 14.5 Å². The number of halogens is 1. The van der Waals surface area contributed by atoms with Gasteiger partial charge in [-0.2, -0.15) is 4.36 Å². The first-order chi connectivity index (χ1) is 12.8. The zero-order valence-electron chi connectivity index (χ0n) is 14.6. The topological polar surface area (TPSA) is 77.2 Å². The maximum Gasteiger partial charge on any atom is 0.286 e. The summed E-state index contributed by atoms with van der Waals surface area (Å²) < 4.78 is 18.5. The van der Waals surface area contributed by atoms with Gasteiger partial charge < -0.3 is 4.57 Å². The normalized spacial score (nSPS) is 12.6. The highest BCUT2D eigenvalue weighted by molar-refractivity contribution is 7.93. The number of benzene rings is 1. The molecule has 1 aromatic carbocycles. The first-order valence-electron chi connectivity index (χ1n) is 7.80. The number of aromatic nitrogens is 3. The molecule has 8 heteroatoms. The summed E-state index contributed by atoms with van der Waals surface area (Å²) in [5.74, 6) is 5.26. The molecular formula is C19H15ClN4O2S. The lowest BCUT2D eigenvalue weighted by Crippen LogP contribution is -2.04. The lowest BCUT2D eigenvalue weighted by atomic mass is 10.2. The molecule has 3 aromatic rings. The van der Waals surface area contributed by atoms with Crippen molar-refractivity contribution in [3.8, 4) is 11.8 Å². The highest BCUT2D eigenvalue weighted by Gasteiger charge is 2.12. The number of pyridine rings is 1. The third-order valence-corrected chi connectivity index (χ3v) is 5.51. The Hall–Kier alpha value is -2.95. The predicted molar refractivity (Wildman–Crippen MR) is 104 cm³/mol. The quantitative estimate of drug-likeness (QED) is 0.621. The van der Waals surface area contributed by atoms with Crippen LogP contribution in [0.2, 0.25) is 5.02 Å². The first-order valence-corrected chi connectivity index (χ1v) is 10.1. The molecule has 0 spiro atoms. The number of rotatable bonds is 2. The largest absolute Gasteiger partial charge is 0.327 e. The number of carbonyl (C=O) groups excluding carboxylic acids is 1. The fourth-order valence-corrected chi connectivity index (χ4v) is 3.66. The van der Waals surface area contributed by atoms with E-state index in [2.05, 4.69) is 26.2 Å². The number of hydrogen-bond donors (Lipinski definition) is 0. The third-order valence-electron chi connectivity index (χ3n) is 3.63. The number of imidazole rings is 1. The average molecular weight is 399 g/mol. The van der Waals surface area contributed by atoms with E-state index in [1.165, 1.54) is 18.5 Å². The molecule has 1 atom stereocenters. The van der Waals surface area contributed by atoms with Gasteiger partial charge in [-0.3, -0.25) is 9.78 Å². The van der Waals surface area contributed by atoms with E-state index in [-0.39, 0.29) is 5.56 Å². The molecule has 3 rings (SSSR count). The van der Waals surface area contributed by atoms with Gasteiger partial charge in [0.2, 0.25) is 0 Å². The van der Waals surface area contributed by atoms with Crippen LogP contribution in [0.25, 0.3) is 0 Å². The van der Waals surface area contributed by atoms with Gasteiger partial charge in [0.1, 0.15) is 5.69 Å². The second-order valence-electron chi connectivity index (χ2n) is 5.76. The molecule has 2 aromatic heterocycles. The summed E-state index contributed by atoms with van der Waals surface area (Å²) in [6.45, 7) is 0. The second-order valence-corrected chi connectivity index (χ2v) is 8.45. The van der Waals surface area contributed by atoms with E-state index in [0.717, 1.165) is 5.69 Å². The van der Waals surface area contributed by atoms with Crippen LogP contribution in [0.15, 0.2) is 64.5 Å². The lowest BCUT2D eigenvalue weighted by Gasteiger charge is -2.04. The van der Waals surface area contributed by atoms with Crippen molar-refractivity contribution < 1.29 is 9.00 Å². The molecule has 0 fully saturated rings. The lowest BCUT2D eigenvalue weighted by molar-refractivity contribution is 0.100. The molecule has 0 aliphatic carbocycles. The molecule has 0 saturated carbocycles. The summed E-state index contributed by atoms with van der Waals surface area (Å²) in [7, 11) is -1.10. The number of amides is 1. The highest BCUT2D eigenvalue weighted by atomic mass is 35.5. The standard InChI is InChI=1S/C19H15ClN4O2S/c1-24-13-22-12-17(24)7-6-14-8-15(11-21-10-14)19(25)23-27(2,26)18-5-3-4-16(20)9-18/h3-5,8-13H,1-2H3. The first kappa shape index (κ1) is 18.8. The molecular weight excluding hydrogens is 384 g/mol. The zero-order valence-corrected chi connectivity index (χ0v) is 16.2. The summed E-state index contributed by atoms with van der Waals surface area (Å²) in [6, 6.07) is 8.05. The van der Waals surface area contributed by atoms with E-state index >= 15 is 0 Å². The zero-order chi connectivity index (χ0) is 19.4. The van der Waals surface area contributed by atoms with Gasteiger partial charge in [-0.15, -0.1) is 0 Å². The predicted octanol–water partition coefficient (Wildman–Crippen LogP) is 3.17. The Morgan fingerprint density at radius 2 is 2.00 bits per heavy atom. The monoisotopic (exact) mass is 398 g/mol. The Kier molecular flexibility index (Phi) is 5.40. The number of aryl methyl sites for hydroxylation is 1. The Morgan fingerprint density at radius 3 is 2.70 bits per heavy atom. The van der Waals surface area contributed by atoms with E-state index in [1.807, 2.05) is 7.05 Å². The number of hydrogen-bond acceptors (Lipinski definition) is 4. The fraction of sp³-hybridized carbons (Fsp3) is 0.105. The van der Waals surface area contributed by atoms with Gasteiger partial charge in [0.25, 0.3) is 5.91 Å². The van der Waals surface area contributed by atoms with Gasteiger partial charge in [0, 0.05) is 41.2 Å². The third kappa shape index (κ3) is 4.61. The molecule has 2 heterocycles. The minimum Gasteiger partial charge on any atom is -0.327 e. The van der Waals surface area contributed by atoms with Gasteiger partial charge in [-0.1, -0.05) is 23.6 Å². The number of nitrogens with zero attached hydrogens (tertiary/aromatic N) is 4. The van der Waals surface area contributed by atoms with Crippen LogP contribution >= 0.6 is 11.6 Å². The minimum atomic E-state index is -2.93. The maximum absolute atomic E-state index is 12.8. The molecule has 0 radical (unpaired) electrons. The molecule has 1 amide bonds. The molecule has 0 saturated heterocycles. The van der Waals surface area contributed by atoms with E-state index < -0.39 is 15.6 Å². The highest BCUT2D eigenvalue weighted by Crippen LogP contribution is 2.18. The summed E-state index contributed by atoms with van der Waals surface area (Å²) in [6.07, 6.45) is 7.60. The second kappa shape index (κ2) is 7.74. The molecule has 6 nitrogen and oxygen atoms in total. The smallest absolute Gasteiger partial charge is 0.286 e. The van der Waals surface area contributed by atoms with Gasteiger partial charge in [0.15, 0.2) is 0 Å². The molecule has 0 N–H and O–H groups in total. The van der Waals surface area contributed by atoms with Gasteiger partial charge in [0.05, 0.1) is 27.8 Å². The van der Waals surface area contributed by atoms with Crippen LogP contribution in [-0.2, 0) is 16.8 Å². The maximum atomic E-state index is 12.8.